The van der Waals surface area contributed by atoms with E-state index in [0.717, 1.165) is 37.4 Å². The molecule has 1 N–H and O–H groups in total. The normalized spacial score (nSPS) is 10.5. The zero-order chi connectivity index (χ0) is 12.0. The average Bonchev–Trinajstić information content (AvgIpc) is 2.25. The lowest BCUT2D eigenvalue weighted by atomic mass is 10.3. The molecule has 1 heterocycles. The molecule has 0 radical (unpaired) electrons. The number of rotatable bonds is 6. The molecule has 0 amide bonds. The van der Waals surface area contributed by atoms with Crippen LogP contribution in [0.3, 0.4) is 0 Å². The molecule has 4 nitrogen and oxygen atoms in total. The van der Waals surface area contributed by atoms with Crippen LogP contribution in [0.4, 0.5) is 5.95 Å². The van der Waals surface area contributed by atoms with Gasteiger partial charge in [0.25, 0.3) is 0 Å². The summed E-state index contributed by atoms with van der Waals surface area (Å²) in [7, 11) is 0. The van der Waals surface area contributed by atoms with Crippen molar-refractivity contribution >= 4 is 17.5 Å². The first-order valence-electron chi connectivity index (χ1n) is 5.47. The van der Waals surface area contributed by atoms with Crippen LogP contribution in [0.5, 0.6) is 0 Å². The Hall–Kier alpha value is -0.870. The van der Waals surface area contributed by atoms with Crippen molar-refractivity contribution in [3.8, 4) is 0 Å². The summed E-state index contributed by atoms with van der Waals surface area (Å²) in [5.41, 5.74) is 1.84. The maximum atomic E-state index is 5.97. The highest BCUT2D eigenvalue weighted by Gasteiger charge is 2.04. The summed E-state index contributed by atoms with van der Waals surface area (Å²) >= 11 is 5.97. The van der Waals surface area contributed by atoms with Gasteiger partial charge in [-0.05, 0) is 27.2 Å². The van der Waals surface area contributed by atoms with Crippen LogP contribution in [0.1, 0.15) is 24.6 Å². The Morgan fingerprint density at radius 2 is 2.06 bits per heavy atom. The lowest BCUT2D eigenvalue weighted by Gasteiger charge is -2.08. The highest BCUT2D eigenvalue weighted by atomic mass is 35.5. The molecule has 0 aliphatic heterocycles. The molecule has 1 aromatic rings. The molecule has 0 spiro atoms. The predicted octanol–water partition coefficient (Wildman–Crippen LogP) is 2.59. The Morgan fingerprint density at radius 3 is 2.69 bits per heavy atom. The maximum absolute atomic E-state index is 5.97. The first-order valence-corrected chi connectivity index (χ1v) is 5.85. The van der Waals surface area contributed by atoms with Crippen molar-refractivity contribution in [2.75, 3.05) is 25.1 Å². The smallest absolute Gasteiger partial charge is 0.224 e. The van der Waals surface area contributed by atoms with Gasteiger partial charge in [-0.15, -0.1) is 0 Å². The molecule has 0 aliphatic carbocycles. The minimum atomic E-state index is 0.514. The largest absolute Gasteiger partial charge is 0.382 e. The number of ether oxygens (including phenoxy) is 1. The Kier molecular flexibility index (Phi) is 5.49. The molecule has 0 aliphatic rings. The fourth-order valence-electron chi connectivity index (χ4n) is 1.19. The summed E-state index contributed by atoms with van der Waals surface area (Å²) in [5.74, 6) is 0.588. The van der Waals surface area contributed by atoms with Gasteiger partial charge in [0.1, 0.15) is 5.15 Å². The van der Waals surface area contributed by atoms with E-state index in [1.807, 2.05) is 20.8 Å². The maximum Gasteiger partial charge on any atom is 0.224 e. The van der Waals surface area contributed by atoms with Gasteiger partial charge in [0.15, 0.2) is 0 Å². The molecule has 0 atom stereocenters. The molecular formula is C11H18ClN3O. The van der Waals surface area contributed by atoms with Crippen molar-refractivity contribution in [2.45, 2.75) is 27.2 Å². The fraction of sp³-hybridized carbons (Fsp3) is 0.636. The summed E-state index contributed by atoms with van der Waals surface area (Å²) in [6.07, 6.45) is 0.932. The van der Waals surface area contributed by atoms with Crippen molar-refractivity contribution in [3.63, 3.8) is 0 Å². The molecular weight excluding hydrogens is 226 g/mol. The van der Waals surface area contributed by atoms with Gasteiger partial charge >= 0.3 is 0 Å². The first-order chi connectivity index (χ1) is 7.65. The average molecular weight is 244 g/mol. The van der Waals surface area contributed by atoms with Crippen molar-refractivity contribution in [3.05, 3.63) is 16.4 Å². The van der Waals surface area contributed by atoms with Crippen LogP contribution >= 0.6 is 11.6 Å². The van der Waals surface area contributed by atoms with E-state index in [-0.39, 0.29) is 0 Å². The summed E-state index contributed by atoms with van der Waals surface area (Å²) in [5, 5.41) is 3.64. The third kappa shape index (κ3) is 3.94. The summed E-state index contributed by atoms with van der Waals surface area (Å²) in [4.78, 5) is 8.46. The highest BCUT2D eigenvalue weighted by Crippen LogP contribution is 2.16. The monoisotopic (exact) mass is 243 g/mol. The van der Waals surface area contributed by atoms with Gasteiger partial charge in [-0.25, -0.2) is 9.97 Å². The number of nitrogens with one attached hydrogen (secondary N) is 1. The van der Waals surface area contributed by atoms with Gasteiger partial charge in [0.05, 0.1) is 0 Å². The number of aryl methyl sites for hydroxylation is 1. The number of aromatic nitrogens is 2. The van der Waals surface area contributed by atoms with E-state index in [2.05, 4.69) is 15.3 Å². The van der Waals surface area contributed by atoms with Crippen LogP contribution in [0.25, 0.3) is 0 Å². The van der Waals surface area contributed by atoms with E-state index in [1.165, 1.54) is 0 Å². The molecule has 0 saturated carbocycles. The zero-order valence-electron chi connectivity index (χ0n) is 10.0. The van der Waals surface area contributed by atoms with E-state index in [9.17, 15) is 0 Å². The molecule has 90 valence electrons. The minimum Gasteiger partial charge on any atom is -0.382 e. The van der Waals surface area contributed by atoms with Crippen LogP contribution in [-0.2, 0) is 4.74 Å². The minimum absolute atomic E-state index is 0.514. The van der Waals surface area contributed by atoms with Crippen LogP contribution in [0.15, 0.2) is 0 Å². The molecule has 16 heavy (non-hydrogen) atoms. The number of halogens is 1. The number of anilines is 1. The van der Waals surface area contributed by atoms with E-state index in [0.29, 0.717) is 11.1 Å². The third-order valence-corrected chi connectivity index (χ3v) is 2.65. The van der Waals surface area contributed by atoms with E-state index in [1.54, 1.807) is 0 Å². The van der Waals surface area contributed by atoms with E-state index < -0.39 is 0 Å². The Morgan fingerprint density at radius 1 is 1.31 bits per heavy atom. The van der Waals surface area contributed by atoms with Crippen LogP contribution < -0.4 is 5.32 Å². The Labute approximate surface area is 101 Å². The van der Waals surface area contributed by atoms with Crippen LogP contribution in [0, 0.1) is 13.8 Å². The Balaban J connectivity index is 2.43. The van der Waals surface area contributed by atoms with Gasteiger partial charge in [-0.1, -0.05) is 11.6 Å². The standard InChI is InChI=1S/C11H18ClN3O/c1-4-16-7-5-6-13-11-14-9(3)8(2)10(12)15-11/h4-7H2,1-3H3,(H,13,14,15). The first kappa shape index (κ1) is 13.2. The second-order valence-electron chi connectivity index (χ2n) is 3.53. The zero-order valence-corrected chi connectivity index (χ0v) is 10.8. The van der Waals surface area contributed by atoms with Crippen molar-refractivity contribution in [1.82, 2.24) is 9.97 Å². The summed E-state index contributed by atoms with van der Waals surface area (Å²) in [6.45, 7) is 8.12. The molecule has 1 rings (SSSR count). The lowest BCUT2D eigenvalue weighted by molar-refractivity contribution is 0.147. The van der Waals surface area contributed by atoms with Crippen LogP contribution in [0.2, 0.25) is 5.15 Å². The van der Waals surface area contributed by atoms with Crippen LogP contribution in [-0.4, -0.2) is 29.7 Å². The molecule has 0 bridgehead atoms. The van der Waals surface area contributed by atoms with Gasteiger partial charge in [-0.3, -0.25) is 0 Å². The number of hydrogen-bond donors (Lipinski definition) is 1. The molecule has 0 aromatic carbocycles. The molecule has 0 unspecified atom stereocenters. The highest BCUT2D eigenvalue weighted by molar-refractivity contribution is 6.30. The molecule has 1 aromatic heterocycles. The quantitative estimate of drug-likeness (QED) is 0.616. The number of hydrogen-bond acceptors (Lipinski definition) is 4. The second-order valence-corrected chi connectivity index (χ2v) is 3.88. The molecule has 5 heteroatoms. The van der Waals surface area contributed by atoms with Crippen molar-refractivity contribution < 1.29 is 4.74 Å². The van der Waals surface area contributed by atoms with Gasteiger partial charge in [-0.2, -0.15) is 0 Å². The predicted molar refractivity (Wildman–Crippen MR) is 66.1 cm³/mol. The lowest BCUT2D eigenvalue weighted by Crippen LogP contribution is -2.09. The second kappa shape index (κ2) is 6.66. The van der Waals surface area contributed by atoms with E-state index in [4.69, 9.17) is 16.3 Å². The van der Waals surface area contributed by atoms with Crippen molar-refractivity contribution in [1.29, 1.82) is 0 Å². The van der Waals surface area contributed by atoms with Crippen molar-refractivity contribution in [2.24, 2.45) is 0 Å². The topological polar surface area (TPSA) is 47.0 Å². The van der Waals surface area contributed by atoms with Gasteiger partial charge in [0.2, 0.25) is 5.95 Å². The van der Waals surface area contributed by atoms with Gasteiger partial charge < -0.3 is 10.1 Å². The molecule has 0 saturated heterocycles. The van der Waals surface area contributed by atoms with E-state index >= 15 is 0 Å². The fourth-order valence-corrected chi connectivity index (χ4v) is 1.41. The third-order valence-electron chi connectivity index (χ3n) is 2.28. The number of nitrogens with zero attached hydrogens (tertiary/aromatic N) is 2. The summed E-state index contributed by atoms with van der Waals surface area (Å²) < 4.78 is 5.23. The molecule has 0 fully saturated rings. The summed E-state index contributed by atoms with van der Waals surface area (Å²) in [6, 6.07) is 0. The van der Waals surface area contributed by atoms with Gasteiger partial charge in [0, 0.05) is 31.0 Å². The Bertz CT molecular complexity index is 321. The SMILES string of the molecule is CCOCCCNc1nc(C)c(C)c(Cl)n1.